The standard InChI is InChI=1S/C8H5IN3/c9-7-1-3-8(4-2-7)12-10-5-6-11-12/h1-3,5-6H. The first kappa shape index (κ1) is 7.72. The van der Waals surface area contributed by atoms with Crippen LogP contribution in [0.1, 0.15) is 0 Å². The summed E-state index contributed by atoms with van der Waals surface area (Å²) in [5.74, 6) is 0. The number of aromatic nitrogens is 3. The molecule has 4 heteroatoms. The molecule has 0 fully saturated rings. The third kappa shape index (κ3) is 1.47. The second-order valence-electron chi connectivity index (χ2n) is 2.21. The van der Waals surface area contributed by atoms with E-state index in [2.05, 4.69) is 38.9 Å². The van der Waals surface area contributed by atoms with Gasteiger partial charge in [0.1, 0.15) is 0 Å². The van der Waals surface area contributed by atoms with Gasteiger partial charge in [0.05, 0.1) is 18.1 Å². The van der Waals surface area contributed by atoms with E-state index in [1.54, 1.807) is 12.4 Å². The molecule has 0 saturated heterocycles. The highest BCUT2D eigenvalue weighted by atomic mass is 127. The molecule has 0 spiro atoms. The Labute approximate surface area is 83.5 Å². The zero-order valence-electron chi connectivity index (χ0n) is 6.11. The topological polar surface area (TPSA) is 30.7 Å². The third-order valence-corrected chi connectivity index (χ3v) is 2.06. The molecule has 0 atom stereocenters. The van der Waals surface area contributed by atoms with Crippen LogP contribution < -0.4 is 0 Å². The summed E-state index contributed by atoms with van der Waals surface area (Å²) in [6.45, 7) is 0. The maximum absolute atomic E-state index is 3.99. The molecule has 0 unspecified atom stereocenters. The van der Waals surface area contributed by atoms with E-state index in [1.165, 1.54) is 4.80 Å². The van der Waals surface area contributed by atoms with Gasteiger partial charge in [-0.3, -0.25) is 0 Å². The average Bonchev–Trinajstić information content (AvgIpc) is 2.58. The monoisotopic (exact) mass is 270 g/mol. The lowest BCUT2D eigenvalue weighted by molar-refractivity contribution is 0.751. The van der Waals surface area contributed by atoms with Crippen molar-refractivity contribution >= 4 is 22.6 Å². The molecule has 0 aliphatic heterocycles. The molecule has 3 nitrogen and oxygen atoms in total. The van der Waals surface area contributed by atoms with Gasteiger partial charge in [0.2, 0.25) is 0 Å². The minimum Gasteiger partial charge on any atom is -0.157 e. The summed E-state index contributed by atoms with van der Waals surface area (Å²) in [6.07, 6.45) is 3.29. The summed E-state index contributed by atoms with van der Waals surface area (Å²) in [7, 11) is 0. The number of halogens is 1. The molecule has 1 aromatic carbocycles. The predicted octanol–water partition coefficient (Wildman–Crippen LogP) is 1.67. The Morgan fingerprint density at radius 1 is 1.25 bits per heavy atom. The Morgan fingerprint density at radius 2 is 2.00 bits per heavy atom. The van der Waals surface area contributed by atoms with Crippen LogP contribution in [0, 0.1) is 9.64 Å². The van der Waals surface area contributed by atoms with Crippen molar-refractivity contribution in [2.45, 2.75) is 0 Å². The molecular formula is C8H5IN3. The minimum atomic E-state index is 0.861. The van der Waals surface area contributed by atoms with E-state index in [4.69, 9.17) is 0 Å². The van der Waals surface area contributed by atoms with Gasteiger partial charge in [-0.2, -0.15) is 15.0 Å². The van der Waals surface area contributed by atoms with Crippen LogP contribution in [0.25, 0.3) is 5.69 Å². The molecular weight excluding hydrogens is 265 g/mol. The van der Waals surface area contributed by atoms with Gasteiger partial charge in [0.15, 0.2) is 0 Å². The first-order valence-electron chi connectivity index (χ1n) is 3.40. The van der Waals surface area contributed by atoms with E-state index in [0.717, 1.165) is 9.26 Å². The van der Waals surface area contributed by atoms with E-state index in [9.17, 15) is 0 Å². The van der Waals surface area contributed by atoms with Crippen LogP contribution in [0.2, 0.25) is 0 Å². The number of hydrogen-bond donors (Lipinski definition) is 0. The van der Waals surface area contributed by atoms with Crippen molar-refractivity contribution in [2.24, 2.45) is 0 Å². The zero-order chi connectivity index (χ0) is 8.39. The summed E-state index contributed by atoms with van der Waals surface area (Å²) in [5, 5.41) is 7.98. The largest absolute Gasteiger partial charge is 0.157 e. The highest BCUT2D eigenvalue weighted by Gasteiger charge is 1.95. The second-order valence-corrected chi connectivity index (χ2v) is 3.46. The van der Waals surface area contributed by atoms with Gasteiger partial charge in [-0.1, -0.05) is 0 Å². The normalized spacial score (nSPS) is 10.1. The van der Waals surface area contributed by atoms with E-state index >= 15 is 0 Å². The Hall–Kier alpha value is -0.910. The van der Waals surface area contributed by atoms with Crippen LogP contribution in [-0.2, 0) is 0 Å². The third-order valence-electron chi connectivity index (χ3n) is 1.39. The van der Waals surface area contributed by atoms with Crippen molar-refractivity contribution in [3.8, 4) is 5.69 Å². The number of hydrogen-bond acceptors (Lipinski definition) is 2. The van der Waals surface area contributed by atoms with Crippen LogP contribution in [0.15, 0.2) is 30.6 Å². The molecule has 0 amide bonds. The van der Waals surface area contributed by atoms with Gasteiger partial charge >= 0.3 is 0 Å². The Bertz CT molecular complexity index is 352. The Kier molecular flexibility index (Phi) is 2.07. The van der Waals surface area contributed by atoms with Crippen LogP contribution in [0.5, 0.6) is 0 Å². The van der Waals surface area contributed by atoms with E-state index in [-0.39, 0.29) is 0 Å². The molecule has 2 aromatic rings. The number of benzene rings is 1. The molecule has 1 radical (unpaired) electrons. The van der Waals surface area contributed by atoms with Crippen LogP contribution in [-0.4, -0.2) is 15.0 Å². The fourth-order valence-corrected chi connectivity index (χ4v) is 1.20. The molecule has 59 valence electrons. The van der Waals surface area contributed by atoms with Gasteiger partial charge in [-0.15, -0.1) is 0 Å². The first-order valence-corrected chi connectivity index (χ1v) is 4.48. The summed E-state index contributed by atoms with van der Waals surface area (Å²) in [6, 6.07) is 8.90. The molecule has 0 N–H and O–H groups in total. The summed E-state index contributed by atoms with van der Waals surface area (Å²) < 4.78 is 1.16. The molecule has 0 bridgehead atoms. The van der Waals surface area contributed by atoms with Crippen LogP contribution in [0.4, 0.5) is 0 Å². The van der Waals surface area contributed by atoms with Crippen molar-refractivity contribution in [2.75, 3.05) is 0 Å². The van der Waals surface area contributed by atoms with Crippen LogP contribution >= 0.6 is 22.6 Å². The van der Waals surface area contributed by atoms with Crippen molar-refractivity contribution in [3.05, 3.63) is 40.2 Å². The smallest absolute Gasteiger partial charge is 0.0936 e. The minimum absolute atomic E-state index is 0.861. The van der Waals surface area contributed by atoms with Gasteiger partial charge in [-0.05, 0) is 40.8 Å². The molecule has 2 rings (SSSR count). The molecule has 0 saturated carbocycles. The maximum Gasteiger partial charge on any atom is 0.0936 e. The van der Waals surface area contributed by atoms with Crippen molar-refractivity contribution in [1.82, 2.24) is 15.0 Å². The zero-order valence-corrected chi connectivity index (χ0v) is 8.26. The summed E-state index contributed by atoms with van der Waals surface area (Å²) in [5.41, 5.74) is 0.861. The Balaban J connectivity index is 2.43. The molecule has 1 heterocycles. The second kappa shape index (κ2) is 3.22. The fraction of sp³-hybridized carbons (Fsp3) is 0. The predicted molar refractivity (Wildman–Crippen MR) is 52.9 cm³/mol. The SMILES string of the molecule is Ic1c[c]c(-n2nccn2)cc1. The molecule has 0 aliphatic rings. The van der Waals surface area contributed by atoms with Gasteiger partial charge in [-0.25, -0.2) is 0 Å². The lowest BCUT2D eigenvalue weighted by Crippen LogP contribution is -1.97. The highest BCUT2D eigenvalue weighted by Crippen LogP contribution is 2.07. The maximum atomic E-state index is 3.99. The molecule has 12 heavy (non-hydrogen) atoms. The van der Waals surface area contributed by atoms with Crippen molar-refractivity contribution in [1.29, 1.82) is 0 Å². The lowest BCUT2D eigenvalue weighted by Gasteiger charge is -1.97. The van der Waals surface area contributed by atoms with E-state index in [0.29, 0.717) is 0 Å². The van der Waals surface area contributed by atoms with Gasteiger partial charge in [0.25, 0.3) is 0 Å². The quantitative estimate of drug-likeness (QED) is 0.738. The van der Waals surface area contributed by atoms with E-state index < -0.39 is 0 Å². The van der Waals surface area contributed by atoms with Crippen molar-refractivity contribution in [3.63, 3.8) is 0 Å². The highest BCUT2D eigenvalue weighted by molar-refractivity contribution is 14.1. The summed E-state index contributed by atoms with van der Waals surface area (Å²) >= 11 is 2.23. The van der Waals surface area contributed by atoms with Gasteiger partial charge < -0.3 is 0 Å². The Morgan fingerprint density at radius 3 is 2.58 bits per heavy atom. The average molecular weight is 270 g/mol. The van der Waals surface area contributed by atoms with Crippen LogP contribution in [0.3, 0.4) is 0 Å². The first-order chi connectivity index (χ1) is 5.86. The lowest BCUT2D eigenvalue weighted by atomic mass is 10.3. The van der Waals surface area contributed by atoms with Gasteiger partial charge in [0, 0.05) is 9.64 Å². The molecule has 0 aliphatic carbocycles. The number of rotatable bonds is 1. The number of nitrogens with zero attached hydrogens (tertiary/aromatic N) is 3. The molecule has 1 aromatic heterocycles. The van der Waals surface area contributed by atoms with Crippen molar-refractivity contribution < 1.29 is 0 Å². The summed E-state index contributed by atoms with van der Waals surface area (Å²) in [4.78, 5) is 1.54. The van der Waals surface area contributed by atoms with E-state index in [1.807, 2.05) is 18.2 Å². The fourth-order valence-electron chi connectivity index (χ4n) is 0.862.